The molecule has 3 aliphatic heterocycles. The van der Waals surface area contributed by atoms with Gasteiger partial charge in [-0.2, -0.15) is 5.10 Å². The fourth-order valence-corrected chi connectivity index (χ4v) is 4.86. The molecule has 0 saturated carbocycles. The molecule has 2 amide bonds. The maximum absolute atomic E-state index is 13.4. The van der Waals surface area contributed by atoms with Crippen molar-refractivity contribution >= 4 is 11.8 Å². The Morgan fingerprint density at radius 1 is 1.15 bits per heavy atom. The summed E-state index contributed by atoms with van der Waals surface area (Å²) in [5, 5.41) is 4.14. The quantitative estimate of drug-likeness (QED) is 0.793. The molecule has 3 fully saturated rings. The summed E-state index contributed by atoms with van der Waals surface area (Å²) in [5.74, 6) is 0.574. The van der Waals surface area contributed by atoms with Crippen LogP contribution < -0.4 is 0 Å². The molecule has 7 nitrogen and oxygen atoms in total. The third-order valence-corrected chi connectivity index (χ3v) is 6.39. The minimum Gasteiger partial charge on any atom is -0.342 e. The molecule has 0 radical (unpaired) electrons. The van der Waals surface area contributed by atoms with Crippen molar-refractivity contribution in [1.82, 2.24) is 24.5 Å². The number of fused-ring (bicyclic) bond motifs is 1. The average molecular weight is 359 g/mol. The summed E-state index contributed by atoms with van der Waals surface area (Å²) >= 11 is 0. The zero-order valence-corrected chi connectivity index (χ0v) is 15.8. The molecule has 1 aromatic heterocycles. The highest BCUT2D eigenvalue weighted by molar-refractivity contribution is 5.87. The second-order valence-electron chi connectivity index (χ2n) is 8.35. The van der Waals surface area contributed by atoms with E-state index < -0.39 is 5.41 Å². The van der Waals surface area contributed by atoms with E-state index in [-0.39, 0.29) is 24.3 Å². The highest BCUT2D eigenvalue weighted by Gasteiger charge is 2.59. The van der Waals surface area contributed by atoms with Crippen molar-refractivity contribution in [3.63, 3.8) is 0 Å². The number of hydrogen-bond acceptors (Lipinski definition) is 4. The molecule has 4 rings (SSSR count). The summed E-state index contributed by atoms with van der Waals surface area (Å²) in [6.45, 7) is 9.29. The number of carbonyl (C=O) groups is 2. The van der Waals surface area contributed by atoms with E-state index in [1.165, 1.54) is 0 Å². The number of rotatable bonds is 4. The van der Waals surface area contributed by atoms with Crippen molar-refractivity contribution < 1.29 is 9.59 Å². The predicted molar refractivity (Wildman–Crippen MR) is 97.3 cm³/mol. The van der Waals surface area contributed by atoms with Crippen LogP contribution in [0.2, 0.25) is 0 Å². The third-order valence-electron chi connectivity index (χ3n) is 6.39. The SMILES string of the molecule is CC(C)N1C[C@H]2CN(C(=O)Cn3cccn3)C[C@@]2(C(=O)N2CCCC2)C1. The first-order chi connectivity index (χ1) is 12.5. The highest BCUT2D eigenvalue weighted by Crippen LogP contribution is 2.45. The van der Waals surface area contributed by atoms with Crippen LogP contribution in [-0.2, 0) is 16.1 Å². The third kappa shape index (κ3) is 2.92. The van der Waals surface area contributed by atoms with Gasteiger partial charge in [-0.15, -0.1) is 0 Å². The lowest BCUT2D eigenvalue weighted by molar-refractivity contribution is -0.141. The second-order valence-corrected chi connectivity index (χ2v) is 8.35. The lowest BCUT2D eigenvalue weighted by atomic mass is 9.79. The minimum atomic E-state index is -0.422. The van der Waals surface area contributed by atoms with Crippen molar-refractivity contribution in [2.45, 2.75) is 39.3 Å². The zero-order valence-electron chi connectivity index (χ0n) is 15.8. The summed E-state index contributed by atoms with van der Waals surface area (Å²) in [7, 11) is 0. The first-order valence-electron chi connectivity index (χ1n) is 9.78. The van der Waals surface area contributed by atoms with E-state index in [0.29, 0.717) is 19.1 Å². The molecule has 0 spiro atoms. The van der Waals surface area contributed by atoms with Gasteiger partial charge in [-0.25, -0.2) is 0 Å². The van der Waals surface area contributed by atoms with Crippen molar-refractivity contribution in [2.24, 2.45) is 11.3 Å². The van der Waals surface area contributed by atoms with E-state index in [1.54, 1.807) is 17.1 Å². The van der Waals surface area contributed by atoms with Crippen LogP contribution in [0.1, 0.15) is 26.7 Å². The smallest absolute Gasteiger partial charge is 0.244 e. The lowest BCUT2D eigenvalue weighted by Gasteiger charge is -2.33. The molecular formula is C19H29N5O2. The molecule has 4 heterocycles. The number of hydrogen-bond donors (Lipinski definition) is 0. The number of likely N-dealkylation sites (tertiary alicyclic amines) is 3. The number of amides is 2. The Balaban J connectivity index is 1.53. The van der Waals surface area contributed by atoms with Gasteiger partial charge in [0.05, 0.1) is 5.41 Å². The topological polar surface area (TPSA) is 61.7 Å². The Labute approximate surface area is 154 Å². The van der Waals surface area contributed by atoms with Gasteiger partial charge >= 0.3 is 0 Å². The number of nitrogens with zero attached hydrogens (tertiary/aromatic N) is 5. The molecule has 7 heteroatoms. The van der Waals surface area contributed by atoms with Crippen molar-refractivity contribution in [2.75, 3.05) is 39.3 Å². The van der Waals surface area contributed by atoms with Gasteiger partial charge in [0.2, 0.25) is 11.8 Å². The molecule has 142 valence electrons. The van der Waals surface area contributed by atoms with E-state index in [0.717, 1.165) is 39.0 Å². The zero-order chi connectivity index (χ0) is 18.3. The molecular weight excluding hydrogens is 330 g/mol. The molecule has 26 heavy (non-hydrogen) atoms. The fraction of sp³-hybridized carbons (Fsp3) is 0.737. The second kappa shape index (κ2) is 6.68. The Morgan fingerprint density at radius 2 is 1.92 bits per heavy atom. The average Bonchev–Trinajstić information content (AvgIpc) is 3.36. The van der Waals surface area contributed by atoms with E-state index >= 15 is 0 Å². The highest BCUT2D eigenvalue weighted by atomic mass is 16.2. The van der Waals surface area contributed by atoms with Gasteiger partial charge in [0.1, 0.15) is 6.54 Å². The van der Waals surface area contributed by atoms with E-state index in [1.807, 2.05) is 15.9 Å². The van der Waals surface area contributed by atoms with Crippen molar-refractivity contribution in [3.05, 3.63) is 18.5 Å². The maximum atomic E-state index is 13.4. The molecule has 0 aromatic carbocycles. The molecule has 2 atom stereocenters. The first-order valence-corrected chi connectivity index (χ1v) is 9.78. The van der Waals surface area contributed by atoms with Gasteiger partial charge in [-0.05, 0) is 32.8 Å². The monoisotopic (exact) mass is 359 g/mol. The fourth-order valence-electron chi connectivity index (χ4n) is 4.86. The predicted octanol–water partition coefficient (Wildman–Crippen LogP) is 0.674. The molecule has 0 aliphatic carbocycles. The Bertz CT molecular complexity index is 667. The first kappa shape index (κ1) is 17.5. The molecule has 0 N–H and O–H groups in total. The van der Waals surface area contributed by atoms with Gasteiger partial charge in [0, 0.05) is 63.6 Å². The van der Waals surface area contributed by atoms with E-state index in [4.69, 9.17) is 0 Å². The Hall–Kier alpha value is -1.89. The van der Waals surface area contributed by atoms with Crippen molar-refractivity contribution in [1.29, 1.82) is 0 Å². The minimum absolute atomic E-state index is 0.0628. The van der Waals surface area contributed by atoms with Gasteiger partial charge in [0.15, 0.2) is 0 Å². The van der Waals surface area contributed by atoms with Crippen LogP contribution >= 0.6 is 0 Å². The normalized spacial score (nSPS) is 29.0. The van der Waals surface area contributed by atoms with Crippen LogP contribution in [0.15, 0.2) is 18.5 Å². The van der Waals surface area contributed by atoms with E-state index in [2.05, 4.69) is 23.8 Å². The molecule has 0 unspecified atom stereocenters. The molecule has 1 aromatic rings. The van der Waals surface area contributed by atoms with Crippen LogP contribution in [0.5, 0.6) is 0 Å². The largest absolute Gasteiger partial charge is 0.342 e. The molecule has 3 saturated heterocycles. The summed E-state index contributed by atoms with van der Waals surface area (Å²) < 4.78 is 1.66. The lowest BCUT2D eigenvalue weighted by Crippen LogP contribution is -2.49. The molecule has 3 aliphatic rings. The van der Waals surface area contributed by atoms with Gasteiger partial charge in [-0.1, -0.05) is 0 Å². The summed E-state index contributed by atoms with van der Waals surface area (Å²) in [6, 6.07) is 2.25. The van der Waals surface area contributed by atoms with Gasteiger partial charge in [-0.3, -0.25) is 19.2 Å². The van der Waals surface area contributed by atoms with Crippen LogP contribution in [-0.4, -0.2) is 81.6 Å². The summed E-state index contributed by atoms with van der Waals surface area (Å²) in [4.78, 5) is 32.6. The maximum Gasteiger partial charge on any atom is 0.244 e. The van der Waals surface area contributed by atoms with Gasteiger partial charge in [0.25, 0.3) is 0 Å². The van der Waals surface area contributed by atoms with Crippen LogP contribution in [0.3, 0.4) is 0 Å². The van der Waals surface area contributed by atoms with Crippen molar-refractivity contribution in [3.8, 4) is 0 Å². The molecule has 0 bridgehead atoms. The summed E-state index contributed by atoms with van der Waals surface area (Å²) in [5.41, 5.74) is -0.422. The van der Waals surface area contributed by atoms with Gasteiger partial charge < -0.3 is 9.80 Å². The number of carbonyl (C=O) groups excluding carboxylic acids is 2. The standard InChI is InChI=1S/C19H29N5O2/c1-15(2)22-10-16-11-23(17(25)12-24-9-5-6-20-24)14-19(16,13-22)18(26)21-7-3-4-8-21/h5-6,9,15-16H,3-4,7-8,10-14H2,1-2H3/t16-,19-/m0/s1. The Morgan fingerprint density at radius 3 is 2.58 bits per heavy atom. The summed E-state index contributed by atoms with van der Waals surface area (Å²) in [6.07, 6.45) is 5.69. The number of aromatic nitrogens is 2. The van der Waals surface area contributed by atoms with E-state index in [9.17, 15) is 9.59 Å². The van der Waals surface area contributed by atoms with Crippen LogP contribution in [0.25, 0.3) is 0 Å². The van der Waals surface area contributed by atoms with Crippen LogP contribution in [0, 0.1) is 11.3 Å². The van der Waals surface area contributed by atoms with Crippen LogP contribution in [0.4, 0.5) is 0 Å². The Kier molecular flexibility index (Phi) is 4.50.